The van der Waals surface area contributed by atoms with Gasteiger partial charge in [0.1, 0.15) is 0 Å². The van der Waals surface area contributed by atoms with Crippen LogP contribution in [-0.2, 0) is 0 Å². The van der Waals surface area contributed by atoms with Gasteiger partial charge in [-0.25, -0.2) is 8.78 Å². The first-order chi connectivity index (χ1) is 9.60. The van der Waals surface area contributed by atoms with E-state index in [2.05, 4.69) is 13.0 Å². The molecule has 0 amide bonds. The number of rotatable bonds is 4. The molecule has 2 rings (SSSR count). The number of benzene rings is 1. The molecule has 0 aliphatic heterocycles. The Morgan fingerprint density at radius 1 is 1.15 bits per heavy atom. The summed E-state index contributed by atoms with van der Waals surface area (Å²) in [6, 6.07) is 4.16. The lowest BCUT2D eigenvalue weighted by molar-refractivity contribution is 0.294. The predicted molar refractivity (Wildman–Crippen MR) is 80.4 cm³/mol. The average molecular weight is 278 g/mol. The average Bonchev–Trinajstić information content (AvgIpc) is 2.44. The summed E-state index contributed by atoms with van der Waals surface area (Å²) >= 11 is 0. The first-order valence-corrected chi connectivity index (χ1v) is 7.74. The Morgan fingerprint density at radius 2 is 1.85 bits per heavy atom. The molecule has 0 unspecified atom stereocenters. The third kappa shape index (κ3) is 3.91. The molecule has 0 nitrogen and oxygen atoms in total. The molecule has 1 aromatic carbocycles. The molecule has 0 aromatic heterocycles. The van der Waals surface area contributed by atoms with Crippen molar-refractivity contribution in [2.45, 2.75) is 52.4 Å². The third-order valence-electron chi connectivity index (χ3n) is 4.45. The summed E-state index contributed by atoms with van der Waals surface area (Å²) in [5, 5.41) is 0. The van der Waals surface area contributed by atoms with Gasteiger partial charge in [-0.15, -0.1) is 0 Å². The Kier molecular flexibility index (Phi) is 5.33. The highest BCUT2D eigenvalue weighted by Gasteiger charge is 2.19. The van der Waals surface area contributed by atoms with Crippen LogP contribution in [0.1, 0.15) is 57.9 Å². The molecule has 0 N–H and O–H groups in total. The summed E-state index contributed by atoms with van der Waals surface area (Å²) in [5.74, 6) is -0.0482. The summed E-state index contributed by atoms with van der Waals surface area (Å²) in [4.78, 5) is 0. The van der Waals surface area contributed by atoms with Gasteiger partial charge in [0.15, 0.2) is 11.6 Å². The fourth-order valence-corrected chi connectivity index (χ4v) is 3.24. The minimum atomic E-state index is -0.776. The maximum Gasteiger partial charge on any atom is 0.159 e. The molecule has 0 spiro atoms. The Bertz CT molecular complexity index is 468. The maximum absolute atomic E-state index is 13.3. The van der Waals surface area contributed by atoms with E-state index in [4.69, 9.17) is 0 Å². The van der Waals surface area contributed by atoms with Crippen molar-refractivity contribution in [2.24, 2.45) is 11.8 Å². The number of hydrogen-bond acceptors (Lipinski definition) is 0. The second kappa shape index (κ2) is 7.01. The summed E-state index contributed by atoms with van der Waals surface area (Å²) in [7, 11) is 0. The van der Waals surface area contributed by atoms with Gasteiger partial charge in [-0.2, -0.15) is 0 Å². The van der Waals surface area contributed by atoms with E-state index in [9.17, 15) is 8.78 Å². The lowest BCUT2D eigenvalue weighted by Crippen LogP contribution is -2.13. The molecule has 1 aromatic rings. The number of allylic oxidation sites excluding steroid dienone is 2. The second-order valence-corrected chi connectivity index (χ2v) is 6.05. The maximum atomic E-state index is 13.3. The predicted octanol–water partition coefficient (Wildman–Crippen LogP) is 5.97. The molecule has 1 fully saturated rings. The Hall–Kier alpha value is -1.18. The number of hydrogen-bond donors (Lipinski definition) is 0. The van der Waals surface area contributed by atoms with Crippen molar-refractivity contribution in [3.8, 4) is 0 Å². The van der Waals surface area contributed by atoms with Crippen LogP contribution in [0.4, 0.5) is 8.78 Å². The van der Waals surface area contributed by atoms with Crippen LogP contribution in [0.3, 0.4) is 0 Å². The normalized spacial score (nSPS) is 23.9. The van der Waals surface area contributed by atoms with E-state index in [0.29, 0.717) is 5.92 Å². The van der Waals surface area contributed by atoms with Gasteiger partial charge >= 0.3 is 0 Å². The van der Waals surface area contributed by atoms with Gasteiger partial charge < -0.3 is 0 Å². The van der Waals surface area contributed by atoms with Gasteiger partial charge in [-0.1, -0.05) is 31.9 Å². The van der Waals surface area contributed by atoms with Crippen molar-refractivity contribution >= 4 is 5.57 Å². The molecule has 1 saturated carbocycles. The van der Waals surface area contributed by atoms with Crippen LogP contribution in [0.25, 0.3) is 5.57 Å². The monoisotopic (exact) mass is 278 g/mol. The van der Waals surface area contributed by atoms with Crippen molar-refractivity contribution in [2.75, 3.05) is 0 Å². The van der Waals surface area contributed by atoms with Crippen molar-refractivity contribution in [1.82, 2.24) is 0 Å². The van der Waals surface area contributed by atoms with E-state index in [1.807, 2.05) is 6.92 Å². The Morgan fingerprint density at radius 3 is 2.45 bits per heavy atom. The molecule has 110 valence electrons. The van der Waals surface area contributed by atoms with Crippen LogP contribution >= 0.6 is 0 Å². The first kappa shape index (κ1) is 15.2. The molecule has 0 bridgehead atoms. The highest BCUT2D eigenvalue weighted by molar-refractivity contribution is 5.63. The van der Waals surface area contributed by atoms with Crippen LogP contribution in [0.15, 0.2) is 24.3 Å². The van der Waals surface area contributed by atoms with Gasteiger partial charge in [-0.05, 0) is 67.7 Å². The minimum absolute atomic E-state index is 0.594. The summed E-state index contributed by atoms with van der Waals surface area (Å²) in [6.45, 7) is 4.24. The van der Waals surface area contributed by atoms with Crippen LogP contribution in [-0.4, -0.2) is 0 Å². The van der Waals surface area contributed by atoms with Gasteiger partial charge in [0.05, 0.1) is 0 Å². The van der Waals surface area contributed by atoms with Crippen LogP contribution in [0.2, 0.25) is 0 Å². The Labute approximate surface area is 120 Å². The van der Waals surface area contributed by atoms with Crippen LogP contribution in [0.5, 0.6) is 0 Å². The lowest BCUT2D eigenvalue weighted by Gasteiger charge is -2.27. The van der Waals surface area contributed by atoms with E-state index < -0.39 is 11.6 Å². The molecular formula is C18H24F2. The van der Waals surface area contributed by atoms with Gasteiger partial charge in [0.25, 0.3) is 0 Å². The van der Waals surface area contributed by atoms with E-state index in [1.54, 1.807) is 6.07 Å². The molecule has 0 radical (unpaired) electrons. The fraction of sp³-hybridized carbons (Fsp3) is 0.556. The molecule has 1 aliphatic rings. The van der Waals surface area contributed by atoms with Crippen LogP contribution in [0, 0.1) is 23.5 Å². The van der Waals surface area contributed by atoms with Crippen molar-refractivity contribution in [3.63, 3.8) is 0 Å². The highest BCUT2D eigenvalue weighted by atomic mass is 19.2. The van der Waals surface area contributed by atoms with E-state index in [1.165, 1.54) is 50.7 Å². The zero-order chi connectivity index (χ0) is 14.5. The van der Waals surface area contributed by atoms with Gasteiger partial charge in [0, 0.05) is 0 Å². The van der Waals surface area contributed by atoms with Crippen molar-refractivity contribution < 1.29 is 8.78 Å². The smallest absolute Gasteiger partial charge is 0.159 e. The summed E-state index contributed by atoms with van der Waals surface area (Å²) in [5.41, 5.74) is 1.85. The van der Waals surface area contributed by atoms with E-state index >= 15 is 0 Å². The van der Waals surface area contributed by atoms with E-state index in [0.717, 1.165) is 17.1 Å². The highest BCUT2D eigenvalue weighted by Crippen LogP contribution is 2.33. The Balaban J connectivity index is 1.98. The topological polar surface area (TPSA) is 0 Å². The third-order valence-corrected chi connectivity index (χ3v) is 4.45. The fourth-order valence-electron chi connectivity index (χ4n) is 3.24. The summed E-state index contributed by atoms with van der Waals surface area (Å²) < 4.78 is 26.2. The van der Waals surface area contributed by atoms with E-state index in [-0.39, 0.29) is 0 Å². The zero-order valence-electron chi connectivity index (χ0n) is 12.5. The van der Waals surface area contributed by atoms with Crippen LogP contribution < -0.4 is 0 Å². The SMILES string of the molecule is CCCC1CCC(C=C(C)c2ccc(F)c(F)c2)CC1. The van der Waals surface area contributed by atoms with Crippen molar-refractivity contribution in [1.29, 1.82) is 0 Å². The molecule has 1 aliphatic carbocycles. The molecule has 20 heavy (non-hydrogen) atoms. The quantitative estimate of drug-likeness (QED) is 0.636. The number of halogens is 2. The molecule has 2 heteroatoms. The molecular weight excluding hydrogens is 254 g/mol. The summed E-state index contributed by atoms with van der Waals surface area (Å²) in [6.07, 6.45) is 9.93. The lowest BCUT2D eigenvalue weighted by atomic mass is 9.79. The molecule has 0 atom stereocenters. The minimum Gasteiger partial charge on any atom is -0.204 e. The van der Waals surface area contributed by atoms with Crippen molar-refractivity contribution in [3.05, 3.63) is 41.5 Å². The molecule has 0 heterocycles. The van der Waals surface area contributed by atoms with Gasteiger partial charge in [-0.3, -0.25) is 0 Å². The zero-order valence-corrected chi connectivity index (χ0v) is 12.5. The van der Waals surface area contributed by atoms with Gasteiger partial charge in [0.2, 0.25) is 0 Å². The second-order valence-electron chi connectivity index (χ2n) is 6.05. The largest absolute Gasteiger partial charge is 0.204 e. The first-order valence-electron chi connectivity index (χ1n) is 7.74. The standard InChI is InChI=1S/C18H24F2/c1-3-4-14-5-7-15(8-6-14)11-13(2)16-9-10-17(19)18(20)12-16/h9-12,14-15H,3-8H2,1-2H3. The molecule has 0 saturated heterocycles.